The van der Waals surface area contributed by atoms with Crippen molar-refractivity contribution >= 4 is 51.6 Å². The lowest BCUT2D eigenvalue weighted by Crippen LogP contribution is -2.11. The van der Waals surface area contributed by atoms with Crippen LogP contribution in [0.5, 0.6) is 0 Å². The van der Waals surface area contributed by atoms with Crippen molar-refractivity contribution in [3.63, 3.8) is 0 Å². The fourth-order valence-corrected chi connectivity index (χ4v) is 3.08. The van der Waals surface area contributed by atoms with Crippen molar-refractivity contribution in [2.75, 3.05) is 11.1 Å². The summed E-state index contributed by atoms with van der Waals surface area (Å²) in [6, 6.07) is 7.44. The van der Waals surface area contributed by atoms with Gasteiger partial charge in [-0.2, -0.15) is 0 Å². The maximum atomic E-state index is 11.7. The van der Waals surface area contributed by atoms with Gasteiger partial charge in [-0.3, -0.25) is 9.59 Å². The molecular weight excluding hydrogens is 330 g/mol. The van der Waals surface area contributed by atoms with Crippen LogP contribution in [0.15, 0.2) is 35.4 Å². The molecule has 1 aromatic carbocycles. The number of benzene rings is 1. The van der Waals surface area contributed by atoms with Crippen molar-refractivity contribution in [3.05, 3.63) is 40.4 Å². The Balaban J connectivity index is 1.76. The van der Waals surface area contributed by atoms with Crippen LogP contribution in [-0.2, 0) is 4.79 Å². The van der Waals surface area contributed by atoms with Crippen LogP contribution in [0.4, 0.5) is 5.13 Å². The third-order valence-corrected chi connectivity index (χ3v) is 4.60. The Morgan fingerprint density at radius 3 is 2.67 bits per heavy atom. The van der Waals surface area contributed by atoms with Crippen LogP contribution in [0.1, 0.15) is 16.1 Å². The maximum Gasteiger partial charge on any atom is 0.260 e. The van der Waals surface area contributed by atoms with Crippen LogP contribution in [0.2, 0.25) is 5.02 Å². The number of thiazole rings is 1. The number of carbonyl (C=O) groups excluding carboxylic acids is 2. The molecule has 21 heavy (non-hydrogen) atoms. The molecule has 2 amide bonds. The molecule has 110 valence electrons. The average Bonchev–Trinajstić information content (AvgIpc) is 2.90. The molecule has 8 heteroatoms. The summed E-state index contributed by atoms with van der Waals surface area (Å²) in [6.45, 7) is 0. The SMILES string of the molecule is NC(=O)c1cnc(NC(=O)CCSc2ccc(Cl)cc2)s1. The molecule has 2 rings (SSSR count). The summed E-state index contributed by atoms with van der Waals surface area (Å²) < 4.78 is 0. The van der Waals surface area contributed by atoms with Gasteiger partial charge in [0.15, 0.2) is 5.13 Å². The zero-order chi connectivity index (χ0) is 15.2. The Labute approximate surface area is 134 Å². The van der Waals surface area contributed by atoms with Gasteiger partial charge in [0.25, 0.3) is 5.91 Å². The lowest BCUT2D eigenvalue weighted by atomic mass is 10.4. The van der Waals surface area contributed by atoms with Crippen LogP contribution in [0.25, 0.3) is 0 Å². The molecule has 0 aliphatic rings. The minimum absolute atomic E-state index is 0.151. The summed E-state index contributed by atoms with van der Waals surface area (Å²) in [4.78, 5) is 28.0. The second-order valence-corrected chi connectivity index (χ2v) is 6.63. The van der Waals surface area contributed by atoms with E-state index in [-0.39, 0.29) is 5.91 Å². The van der Waals surface area contributed by atoms with E-state index in [0.29, 0.717) is 27.2 Å². The number of aromatic nitrogens is 1. The number of nitrogens with two attached hydrogens (primary N) is 1. The van der Waals surface area contributed by atoms with E-state index in [0.717, 1.165) is 16.2 Å². The number of nitrogens with one attached hydrogen (secondary N) is 1. The number of hydrogen-bond acceptors (Lipinski definition) is 5. The van der Waals surface area contributed by atoms with Crippen molar-refractivity contribution in [2.45, 2.75) is 11.3 Å². The predicted octanol–water partition coefficient (Wildman–Crippen LogP) is 3.02. The number of amides is 2. The fraction of sp³-hybridized carbons (Fsp3) is 0.154. The molecule has 0 saturated heterocycles. The van der Waals surface area contributed by atoms with Gasteiger partial charge in [0.05, 0.1) is 6.20 Å². The number of thioether (sulfide) groups is 1. The molecule has 0 aliphatic heterocycles. The normalized spacial score (nSPS) is 10.3. The van der Waals surface area contributed by atoms with E-state index in [4.69, 9.17) is 17.3 Å². The van der Waals surface area contributed by atoms with E-state index in [9.17, 15) is 9.59 Å². The number of carbonyl (C=O) groups is 2. The molecule has 2 aromatic rings. The molecule has 0 aliphatic carbocycles. The first-order valence-electron chi connectivity index (χ1n) is 5.98. The van der Waals surface area contributed by atoms with E-state index >= 15 is 0 Å². The number of primary amides is 1. The van der Waals surface area contributed by atoms with Crippen molar-refractivity contribution in [3.8, 4) is 0 Å². The third kappa shape index (κ3) is 5.04. The van der Waals surface area contributed by atoms with Gasteiger partial charge >= 0.3 is 0 Å². The molecule has 0 radical (unpaired) electrons. The Morgan fingerprint density at radius 1 is 1.33 bits per heavy atom. The van der Waals surface area contributed by atoms with E-state index < -0.39 is 5.91 Å². The number of hydrogen-bond donors (Lipinski definition) is 2. The molecular formula is C13H12ClN3O2S2. The van der Waals surface area contributed by atoms with Gasteiger partial charge in [-0.25, -0.2) is 4.98 Å². The van der Waals surface area contributed by atoms with Gasteiger partial charge in [0.1, 0.15) is 4.88 Å². The number of nitrogens with zero attached hydrogens (tertiary/aromatic N) is 1. The van der Waals surface area contributed by atoms with Crippen LogP contribution in [-0.4, -0.2) is 22.6 Å². The third-order valence-electron chi connectivity index (χ3n) is 2.41. The highest BCUT2D eigenvalue weighted by molar-refractivity contribution is 7.99. The lowest BCUT2D eigenvalue weighted by molar-refractivity contribution is -0.115. The van der Waals surface area contributed by atoms with Crippen LogP contribution >= 0.6 is 34.7 Å². The standard InChI is InChI=1S/C13H12ClN3O2S2/c14-8-1-3-9(4-2-8)20-6-5-11(18)17-13-16-7-10(21-13)12(15)19/h1-4,7H,5-6H2,(H2,15,19)(H,16,17,18). The topological polar surface area (TPSA) is 85.1 Å². The van der Waals surface area contributed by atoms with Crippen LogP contribution in [0.3, 0.4) is 0 Å². The van der Waals surface area contributed by atoms with Gasteiger partial charge in [-0.15, -0.1) is 11.8 Å². The molecule has 5 nitrogen and oxygen atoms in total. The Bertz CT molecular complexity index is 643. The monoisotopic (exact) mass is 341 g/mol. The smallest absolute Gasteiger partial charge is 0.260 e. The maximum absolute atomic E-state index is 11.7. The molecule has 0 fully saturated rings. The van der Waals surface area contributed by atoms with E-state index in [2.05, 4.69) is 10.3 Å². The molecule has 0 unspecified atom stereocenters. The minimum atomic E-state index is -0.550. The summed E-state index contributed by atoms with van der Waals surface area (Å²) in [5, 5.41) is 3.70. The Hall–Kier alpha value is -1.57. The quantitative estimate of drug-likeness (QED) is 0.791. The highest BCUT2D eigenvalue weighted by Crippen LogP contribution is 2.22. The summed E-state index contributed by atoms with van der Waals surface area (Å²) >= 11 is 8.43. The first kappa shape index (κ1) is 15.8. The highest BCUT2D eigenvalue weighted by atomic mass is 35.5. The highest BCUT2D eigenvalue weighted by Gasteiger charge is 2.09. The second-order valence-electron chi connectivity index (χ2n) is 3.99. The van der Waals surface area contributed by atoms with Crippen LogP contribution < -0.4 is 11.1 Å². The summed E-state index contributed by atoms with van der Waals surface area (Å²) in [6.07, 6.45) is 1.70. The molecule has 0 spiro atoms. The summed E-state index contributed by atoms with van der Waals surface area (Å²) in [5.41, 5.74) is 5.12. The molecule has 1 heterocycles. The van der Waals surface area contributed by atoms with Crippen molar-refractivity contribution in [2.24, 2.45) is 5.73 Å². The van der Waals surface area contributed by atoms with Gasteiger partial charge in [0, 0.05) is 22.1 Å². The Morgan fingerprint density at radius 2 is 2.05 bits per heavy atom. The van der Waals surface area contributed by atoms with Crippen LogP contribution in [0, 0.1) is 0 Å². The Kier molecular flexibility index (Phi) is 5.60. The number of halogens is 1. The first-order valence-corrected chi connectivity index (χ1v) is 8.16. The number of rotatable bonds is 6. The fourth-order valence-electron chi connectivity index (χ4n) is 1.42. The van der Waals surface area contributed by atoms with E-state index in [1.54, 1.807) is 11.8 Å². The van der Waals surface area contributed by atoms with Gasteiger partial charge in [-0.1, -0.05) is 22.9 Å². The van der Waals surface area contributed by atoms with E-state index in [1.165, 1.54) is 6.20 Å². The van der Waals surface area contributed by atoms with Crippen molar-refractivity contribution < 1.29 is 9.59 Å². The molecule has 0 bridgehead atoms. The molecule has 0 atom stereocenters. The molecule has 1 aromatic heterocycles. The number of anilines is 1. The zero-order valence-corrected chi connectivity index (χ0v) is 13.2. The lowest BCUT2D eigenvalue weighted by Gasteiger charge is -2.02. The summed E-state index contributed by atoms with van der Waals surface area (Å²) in [5.74, 6) is -0.0604. The first-order chi connectivity index (χ1) is 10.0. The van der Waals surface area contributed by atoms with E-state index in [1.807, 2.05) is 24.3 Å². The minimum Gasteiger partial charge on any atom is -0.365 e. The van der Waals surface area contributed by atoms with Gasteiger partial charge in [0.2, 0.25) is 5.91 Å². The zero-order valence-electron chi connectivity index (χ0n) is 10.8. The second kappa shape index (κ2) is 7.44. The summed E-state index contributed by atoms with van der Waals surface area (Å²) in [7, 11) is 0. The predicted molar refractivity (Wildman–Crippen MR) is 86.1 cm³/mol. The van der Waals surface area contributed by atoms with Gasteiger partial charge < -0.3 is 11.1 Å². The average molecular weight is 342 g/mol. The molecule has 0 saturated carbocycles. The molecule has 3 N–H and O–H groups in total. The van der Waals surface area contributed by atoms with Crippen molar-refractivity contribution in [1.82, 2.24) is 4.98 Å². The van der Waals surface area contributed by atoms with Crippen molar-refractivity contribution in [1.29, 1.82) is 0 Å². The largest absolute Gasteiger partial charge is 0.365 e. The van der Waals surface area contributed by atoms with Gasteiger partial charge in [-0.05, 0) is 24.3 Å².